The summed E-state index contributed by atoms with van der Waals surface area (Å²) in [5, 5.41) is 50.3. The number of rotatable bonds is 7. The van der Waals surface area contributed by atoms with Crippen molar-refractivity contribution in [2.24, 2.45) is 0 Å². The molecule has 3 aliphatic rings. The minimum Gasteiger partial charge on any atom is -0.507 e. The average molecular weight is 633 g/mol. The number of phenolic OH excluding ortho intramolecular Hbond substituents is 2. The first kappa shape index (κ1) is 31.7. The Balaban J connectivity index is 1.57. The van der Waals surface area contributed by atoms with Crippen molar-refractivity contribution in [3.63, 3.8) is 0 Å². The fraction of sp³-hybridized carbons (Fsp3) is 0.467. The molecule has 2 aromatic rings. The third-order valence-corrected chi connectivity index (χ3v) is 8.64. The summed E-state index contributed by atoms with van der Waals surface area (Å²) in [7, 11) is 1.32. The molecule has 2 aliphatic carbocycles. The number of hydrogen-bond acceptors (Lipinski definition) is 11. The average Bonchev–Trinajstić information content (AvgIpc) is 2.98. The fourth-order valence-corrected chi connectivity index (χ4v) is 6.24. The quantitative estimate of drug-likeness (QED) is 0.163. The number of ether oxygens (including phenoxy) is 3. The van der Waals surface area contributed by atoms with Crippen molar-refractivity contribution in [3.05, 3.63) is 51.6 Å². The summed E-state index contributed by atoms with van der Waals surface area (Å²) in [5.41, 5.74) is -3.36. The van der Waals surface area contributed by atoms with E-state index in [1.54, 1.807) is 6.92 Å². The van der Waals surface area contributed by atoms with Gasteiger partial charge in [0.05, 0.1) is 42.0 Å². The van der Waals surface area contributed by atoms with Crippen LogP contribution in [0.2, 0.25) is 0 Å². The number of alkyl halides is 1. The summed E-state index contributed by atoms with van der Waals surface area (Å²) in [6.07, 6.45) is -5.37. The third kappa shape index (κ3) is 5.28. The van der Waals surface area contributed by atoms with E-state index in [0.29, 0.717) is 0 Å². The molecule has 6 atom stereocenters. The molecule has 2 amide bonds. The van der Waals surface area contributed by atoms with Crippen LogP contribution < -0.4 is 15.4 Å². The van der Waals surface area contributed by atoms with Gasteiger partial charge in [-0.1, -0.05) is 12.1 Å². The summed E-state index contributed by atoms with van der Waals surface area (Å²) in [6, 6.07) is 2.96. The Labute approximate surface area is 257 Å². The number of carbonyl (C=O) groups excluding carboxylic acids is 4. The lowest BCUT2D eigenvalue weighted by atomic mass is 9.72. The van der Waals surface area contributed by atoms with Gasteiger partial charge in [0.15, 0.2) is 17.9 Å². The topological polar surface area (TPSA) is 201 Å². The molecule has 14 heteroatoms. The number of methoxy groups -OCH3 is 1. The highest BCUT2D eigenvalue weighted by Gasteiger charge is 2.49. The second-order valence-electron chi connectivity index (χ2n) is 11.2. The molecule has 1 fully saturated rings. The summed E-state index contributed by atoms with van der Waals surface area (Å²) in [5.74, 6) is -3.23. The van der Waals surface area contributed by atoms with Gasteiger partial charge in [-0.2, -0.15) is 0 Å². The van der Waals surface area contributed by atoms with Gasteiger partial charge in [0.25, 0.3) is 0 Å². The van der Waals surface area contributed by atoms with E-state index in [1.165, 1.54) is 25.3 Å². The van der Waals surface area contributed by atoms with E-state index in [4.69, 9.17) is 25.8 Å². The van der Waals surface area contributed by atoms with Gasteiger partial charge in [0.1, 0.15) is 29.0 Å². The van der Waals surface area contributed by atoms with Crippen molar-refractivity contribution >= 4 is 35.0 Å². The summed E-state index contributed by atoms with van der Waals surface area (Å²) >= 11 is 5.62. The number of aliphatic hydroxyl groups is 2. The third-order valence-electron chi connectivity index (χ3n) is 8.45. The molecular weight excluding hydrogens is 600 g/mol. The van der Waals surface area contributed by atoms with Crippen LogP contribution in [0, 0.1) is 0 Å². The Kier molecular flexibility index (Phi) is 8.62. The Morgan fingerprint density at radius 2 is 1.84 bits per heavy atom. The van der Waals surface area contributed by atoms with Crippen molar-refractivity contribution in [2.75, 3.05) is 19.5 Å². The molecule has 1 saturated heterocycles. The molecule has 1 aliphatic heterocycles. The maximum atomic E-state index is 13.8. The molecular formula is C30H33ClN2O11. The lowest BCUT2D eigenvalue weighted by Crippen LogP contribution is -2.57. The molecule has 13 nitrogen and oxygen atoms in total. The zero-order valence-electron chi connectivity index (χ0n) is 24.2. The highest BCUT2D eigenvalue weighted by atomic mass is 35.5. The number of carbonyl (C=O) groups is 4. The Hall–Kier alpha value is -3.75. The minimum atomic E-state index is -2.07. The van der Waals surface area contributed by atoms with Gasteiger partial charge in [-0.05, 0) is 19.9 Å². The zero-order valence-corrected chi connectivity index (χ0v) is 24.9. The maximum Gasteiger partial charge on any atom is 0.315 e. The first-order valence-electron chi connectivity index (χ1n) is 14.0. The number of halogens is 1. The molecule has 5 rings (SSSR count). The molecule has 44 heavy (non-hydrogen) atoms. The zero-order chi connectivity index (χ0) is 32.1. The SMILES string of the molecule is COc1cccc2c1C(=O)c1c(O)c3c(c(O)c1C2=O)CC(O)(C(C)=O)CC3OC1CC(NC(=O)NCCCl)C(O)C(C)O1. The number of amides is 2. The van der Waals surface area contributed by atoms with Crippen LogP contribution >= 0.6 is 11.6 Å². The molecule has 0 spiro atoms. The Bertz CT molecular complexity index is 1550. The van der Waals surface area contributed by atoms with Gasteiger partial charge in [-0.3, -0.25) is 14.4 Å². The van der Waals surface area contributed by atoms with E-state index in [2.05, 4.69) is 10.6 Å². The van der Waals surface area contributed by atoms with Gasteiger partial charge in [-0.15, -0.1) is 11.6 Å². The van der Waals surface area contributed by atoms with Gasteiger partial charge in [0.2, 0.25) is 5.78 Å². The lowest BCUT2D eigenvalue weighted by Gasteiger charge is -2.42. The highest BCUT2D eigenvalue weighted by molar-refractivity contribution is 6.31. The van der Waals surface area contributed by atoms with E-state index in [-0.39, 0.29) is 46.8 Å². The van der Waals surface area contributed by atoms with Crippen LogP contribution in [-0.2, 0) is 20.7 Å². The number of fused-ring (bicyclic) bond motifs is 3. The van der Waals surface area contributed by atoms with E-state index in [9.17, 15) is 39.6 Å². The number of nitrogens with one attached hydrogen (secondary N) is 2. The van der Waals surface area contributed by atoms with E-state index < -0.39 is 95.1 Å². The summed E-state index contributed by atoms with van der Waals surface area (Å²) < 4.78 is 17.3. The molecule has 0 radical (unpaired) electrons. The highest BCUT2D eigenvalue weighted by Crippen LogP contribution is 2.52. The summed E-state index contributed by atoms with van der Waals surface area (Å²) in [6.45, 7) is 2.90. The monoisotopic (exact) mass is 632 g/mol. The van der Waals surface area contributed by atoms with Crippen LogP contribution in [0.15, 0.2) is 18.2 Å². The molecule has 236 valence electrons. The van der Waals surface area contributed by atoms with Crippen LogP contribution in [0.4, 0.5) is 4.79 Å². The smallest absolute Gasteiger partial charge is 0.315 e. The molecule has 6 unspecified atom stereocenters. The van der Waals surface area contributed by atoms with Crippen LogP contribution in [0.3, 0.4) is 0 Å². The molecule has 0 saturated carbocycles. The fourth-order valence-electron chi connectivity index (χ4n) is 6.15. The predicted molar refractivity (Wildman–Crippen MR) is 153 cm³/mol. The van der Waals surface area contributed by atoms with E-state index >= 15 is 0 Å². The molecule has 0 bridgehead atoms. The van der Waals surface area contributed by atoms with E-state index in [0.717, 1.165) is 6.92 Å². The number of urea groups is 1. The molecule has 6 N–H and O–H groups in total. The number of aliphatic hydroxyl groups excluding tert-OH is 1. The van der Waals surface area contributed by atoms with E-state index in [1.807, 2.05) is 0 Å². The van der Waals surface area contributed by atoms with Crippen molar-refractivity contribution in [1.29, 1.82) is 0 Å². The van der Waals surface area contributed by atoms with Crippen molar-refractivity contribution < 1.29 is 53.8 Å². The van der Waals surface area contributed by atoms with Crippen molar-refractivity contribution in [3.8, 4) is 17.2 Å². The van der Waals surface area contributed by atoms with Crippen LogP contribution in [0.5, 0.6) is 17.2 Å². The Morgan fingerprint density at radius 1 is 1.14 bits per heavy atom. The normalized spacial score (nSPS) is 27.5. The Morgan fingerprint density at radius 3 is 2.50 bits per heavy atom. The number of Topliss-reactive ketones (excluding diaryl/α,β-unsaturated/α-hetero) is 1. The van der Waals surface area contributed by atoms with Gasteiger partial charge in [-0.25, -0.2) is 4.79 Å². The number of aromatic hydroxyl groups is 2. The van der Waals surface area contributed by atoms with Gasteiger partial charge >= 0.3 is 6.03 Å². The van der Waals surface area contributed by atoms with Crippen LogP contribution in [0.1, 0.15) is 75.8 Å². The molecule has 0 aromatic heterocycles. The van der Waals surface area contributed by atoms with Crippen LogP contribution in [0.25, 0.3) is 0 Å². The molecule has 1 heterocycles. The van der Waals surface area contributed by atoms with Gasteiger partial charge < -0.3 is 45.3 Å². The largest absolute Gasteiger partial charge is 0.507 e. The number of benzene rings is 2. The minimum absolute atomic E-state index is 0.0429. The second-order valence-corrected chi connectivity index (χ2v) is 11.5. The number of phenols is 2. The van der Waals surface area contributed by atoms with Crippen molar-refractivity contribution in [2.45, 2.75) is 69.4 Å². The first-order valence-corrected chi connectivity index (χ1v) is 14.6. The van der Waals surface area contributed by atoms with Crippen LogP contribution in [-0.4, -0.2) is 93.5 Å². The second kappa shape index (κ2) is 12.0. The first-order chi connectivity index (χ1) is 20.8. The van der Waals surface area contributed by atoms with Gasteiger partial charge in [0, 0.05) is 48.4 Å². The lowest BCUT2D eigenvalue weighted by molar-refractivity contribution is -0.248. The van der Waals surface area contributed by atoms with Crippen molar-refractivity contribution in [1.82, 2.24) is 10.6 Å². The summed E-state index contributed by atoms with van der Waals surface area (Å²) in [4.78, 5) is 52.3. The molecule has 2 aromatic carbocycles. The standard InChI is InChI=1S/C30H33ClN2O11/c1-12-24(35)16(33-29(40)32-8-7-31)9-19(43-12)44-18-11-30(41,13(2)34)10-15-21(18)28(39)23-22(26(15)37)25(36)14-5-4-6-17(42-3)20(14)27(23)38/h4-6,12,16,18-19,24,35,37,39,41H,7-11H2,1-3H3,(H2,32,33,40). The number of ketones is 3. The predicted octanol–water partition coefficient (Wildman–Crippen LogP) is 1.61. The number of hydrogen-bond donors (Lipinski definition) is 6. The maximum absolute atomic E-state index is 13.8.